The number of aromatic amines is 2. The number of thiazole rings is 1. The second-order valence-corrected chi connectivity index (χ2v) is 21.3. The second kappa shape index (κ2) is 17.2. The normalized spacial score (nSPS) is 18.9. The fourth-order valence-electron chi connectivity index (χ4n) is 9.35. The molecule has 2 saturated heterocycles. The Morgan fingerprint density at radius 3 is 2.21 bits per heavy atom. The van der Waals surface area contributed by atoms with E-state index in [0.29, 0.717) is 59.4 Å². The third-order valence-electron chi connectivity index (χ3n) is 12.4. The van der Waals surface area contributed by atoms with E-state index in [9.17, 15) is 14.4 Å². The first-order valence-corrected chi connectivity index (χ1v) is 23.5. The van der Waals surface area contributed by atoms with Gasteiger partial charge < -0.3 is 34.4 Å². The molecule has 0 spiro atoms. The Labute approximate surface area is 387 Å². The molecule has 0 radical (unpaired) electrons. The van der Waals surface area contributed by atoms with Crippen LogP contribution in [0.25, 0.3) is 44.7 Å². The van der Waals surface area contributed by atoms with E-state index >= 15 is 4.39 Å². The minimum absolute atomic E-state index is 0.0228. The van der Waals surface area contributed by atoms with Crippen molar-refractivity contribution in [2.24, 2.45) is 11.3 Å². The van der Waals surface area contributed by atoms with Crippen LogP contribution in [0.1, 0.15) is 121 Å². The maximum absolute atomic E-state index is 16.9. The zero-order chi connectivity index (χ0) is 46.8. The Bertz CT molecular complexity index is 2810. The minimum Gasteiger partial charge on any atom is -0.464 e. The molecule has 4 atom stereocenters. The zero-order valence-electron chi connectivity index (χ0n) is 39.0. The molecule has 2 fully saturated rings. The average molecular weight is 920 g/mol. The van der Waals surface area contributed by atoms with E-state index in [1.165, 1.54) is 13.2 Å². The number of benzene rings is 2. The van der Waals surface area contributed by atoms with Gasteiger partial charge in [0.2, 0.25) is 12.1 Å². The van der Waals surface area contributed by atoms with Gasteiger partial charge in [0.05, 0.1) is 69.6 Å². The molecule has 15 nitrogen and oxygen atoms in total. The number of fused-ring (bicyclic) bond motifs is 5. The first-order valence-electron chi connectivity index (χ1n) is 22.7. The van der Waals surface area contributed by atoms with E-state index in [1.54, 1.807) is 33.5 Å². The standard InChI is InChI=1S/C49H58FN9O6S/c1-26(2)41(56-46(61)63-9)44(60)57-16-10-12-34(57)42-53-24-32(55-42)28-19-30(50)40-36-20-29-18-27(31-23-52-43(54-31)35-13-11-17-58(35)47(62)65-49(6,7)8)14-15-33(29)59(36)45(64-37(40)21-28)38-25-51-39(66-38)22-48(3,4)5/h14-15,18-21,23-26,34-35,41,45H,10-13,16-17,22H2,1-9H3,(H,52,54)(H,53,55)(H,56,61). The van der Waals surface area contributed by atoms with E-state index in [-0.39, 0.29) is 35.4 Å². The Balaban J connectivity index is 1.05. The van der Waals surface area contributed by atoms with Crippen LogP contribution >= 0.6 is 11.3 Å². The van der Waals surface area contributed by atoms with Gasteiger partial charge in [-0.05, 0) is 88.1 Å². The SMILES string of the molecule is COC(=O)NC(C(=O)N1CCCC1c1ncc(-c2cc(F)c3c(c2)OC(c2cnc(CC(C)(C)C)s2)n2c-3cc3cc(-c4cnc(C5CCCN5C(=O)OC(C)(C)C)[nH]4)ccc32)[nH]1)C(C)C. The molecule has 2 aromatic carbocycles. The van der Waals surface area contributed by atoms with Crippen LogP contribution in [0.3, 0.4) is 0 Å². The lowest BCUT2D eigenvalue weighted by atomic mass is 9.93. The van der Waals surface area contributed by atoms with Crippen LogP contribution in [0, 0.1) is 17.2 Å². The van der Waals surface area contributed by atoms with Gasteiger partial charge in [-0.1, -0.05) is 40.7 Å². The van der Waals surface area contributed by atoms with E-state index in [4.69, 9.17) is 29.2 Å². The number of amides is 3. The number of ether oxygens (including phenoxy) is 3. The summed E-state index contributed by atoms with van der Waals surface area (Å²) in [5, 5.41) is 4.56. The number of nitrogens with zero attached hydrogens (tertiary/aromatic N) is 6. The minimum atomic E-state index is -0.767. The van der Waals surface area contributed by atoms with Gasteiger partial charge in [0.15, 0.2) is 0 Å². The second-order valence-electron chi connectivity index (χ2n) is 20.1. The van der Waals surface area contributed by atoms with Gasteiger partial charge in [0.25, 0.3) is 0 Å². The molecular weight excluding hydrogens is 862 g/mol. The van der Waals surface area contributed by atoms with Crippen molar-refractivity contribution in [2.45, 2.75) is 117 Å². The molecule has 3 aliphatic rings. The molecule has 3 N–H and O–H groups in total. The van der Waals surface area contributed by atoms with Crippen molar-refractivity contribution in [2.75, 3.05) is 20.2 Å². The van der Waals surface area contributed by atoms with Gasteiger partial charge in [0, 0.05) is 42.2 Å². The van der Waals surface area contributed by atoms with Gasteiger partial charge >= 0.3 is 12.2 Å². The van der Waals surface area contributed by atoms with Gasteiger partial charge in [-0.3, -0.25) is 14.3 Å². The van der Waals surface area contributed by atoms with Crippen molar-refractivity contribution in [3.8, 4) is 39.5 Å². The molecule has 0 saturated carbocycles. The van der Waals surface area contributed by atoms with E-state index in [2.05, 4.69) is 42.1 Å². The van der Waals surface area contributed by atoms with Crippen LogP contribution in [0.4, 0.5) is 14.0 Å². The molecule has 7 heterocycles. The van der Waals surface area contributed by atoms with E-state index in [1.807, 2.05) is 69.6 Å². The predicted molar refractivity (Wildman–Crippen MR) is 249 cm³/mol. The number of alkyl carbamates (subject to hydrolysis) is 1. The first kappa shape index (κ1) is 44.9. The summed E-state index contributed by atoms with van der Waals surface area (Å²) >= 11 is 1.59. The number of hydrogen-bond acceptors (Lipinski definition) is 10. The lowest BCUT2D eigenvalue weighted by molar-refractivity contribution is -0.135. The molecule has 0 aliphatic carbocycles. The first-order chi connectivity index (χ1) is 31.4. The lowest BCUT2D eigenvalue weighted by Gasteiger charge is -2.30. The summed E-state index contributed by atoms with van der Waals surface area (Å²) in [6, 6.07) is 10.1. The number of carbonyl (C=O) groups excluding carboxylic acids is 3. The Morgan fingerprint density at radius 2 is 1.56 bits per heavy atom. The summed E-state index contributed by atoms with van der Waals surface area (Å²) in [5.74, 6) is 0.809. The number of nitrogens with one attached hydrogen (secondary N) is 3. The molecule has 17 heteroatoms. The number of likely N-dealkylation sites (tertiary alicyclic amines) is 2. The fourth-order valence-corrected chi connectivity index (χ4v) is 10.6. The van der Waals surface area contributed by atoms with E-state index < -0.39 is 29.8 Å². The molecule has 4 unspecified atom stereocenters. The summed E-state index contributed by atoms with van der Waals surface area (Å²) in [5.41, 5.74) is 4.09. The molecule has 348 valence electrons. The highest BCUT2D eigenvalue weighted by Crippen LogP contribution is 2.48. The zero-order valence-corrected chi connectivity index (χ0v) is 39.8. The lowest BCUT2D eigenvalue weighted by Crippen LogP contribution is -2.51. The number of carbonyl (C=O) groups is 3. The van der Waals surface area contributed by atoms with Crippen molar-refractivity contribution < 1.29 is 33.0 Å². The largest absolute Gasteiger partial charge is 0.464 e. The molecule has 4 aromatic heterocycles. The van der Waals surface area contributed by atoms with Gasteiger partial charge in [-0.2, -0.15) is 0 Å². The Hall–Kier alpha value is -6.23. The van der Waals surface area contributed by atoms with Crippen LogP contribution in [-0.4, -0.2) is 89.2 Å². The maximum atomic E-state index is 16.9. The highest BCUT2D eigenvalue weighted by Gasteiger charge is 2.39. The number of methoxy groups -OCH3 is 1. The molecule has 3 aliphatic heterocycles. The van der Waals surface area contributed by atoms with Crippen molar-refractivity contribution in [3.05, 3.63) is 82.3 Å². The summed E-state index contributed by atoms with van der Waals surface area (Å²) < 4.78 is 36.3. The number of halogens is 1. The van der Waals surface area contributed by atoms with Crippen molar-refractivity contribution in [1.82, 2.24) is 44.6 Å². The molecule has 66 heavy (non-hydrogen) atoms. The van der Waals surface area contributed by atoms with Gasteiger partial charge in [-0.25, -0.2) is 28.9 Å². The van der Waals surface area contributed by atoms with Crippen LogP contribution < -0.4 is 10.1 Å². The van der Waals surface area contributed by atoms with Crippen molar-refractivity contribution in [3.63, 3.8) is 0 Å². The highest BCUT2D eigenvalue weighted by atomic mass is 32.1. The molecular formula is C49H58FN9O6S. The van der Waals surface area contributed by atoms with Crippen LogP contribution in [0.2, 0.25) is 0 Å². The smallest absolute Gasteiger partial charge is 0.410 e. The number of aromatic nitrogens is 6. The third kappa shape index (κ3) is 8.76. The number of imidazole rings is 2. The third-order valence-corrected chi connectivity index (χ3v) is 13.4. The molecule has 9 rings (SSSR count). The number of hydrogen-bond donors (Lipinski definition) is 3. The summed E-state index contributed by atoms with van der Waals surface area (Å²) in [6.45, 7) is 17.0. The van der Waals surface area contributed by atoms with Gasteiger partial charge in [-0.15, -0.1) is 11.3 Å². The quantitative estimate of drug-likeness (QED) is 0.128. The predicted octanol–water partition coefficient (Wildman–Crippen LogP) is 10.3. The number of H-pyrrole nitrogens is 2. The highest BCUT2D eigenvalue weighted by molar-refractivity contribution is 7.11. The van der Waals surface area contributed by atoms with Crippen molar-refractivity contribution in [1.29, 1.82) is 0 Å². The van der Waals surface area contributed by atoms with Crippen LogP contribution in [-0.2, 0) is 20.7 Å². The van der Waals surface area contributed by atoms with Crippen LogP contribution in [0.5, 0.6) is 5.75 Å². The average Bonchev–Trinajstić information content (AvgIpc) is 4.10. The Kier molecular flexibility index (Phi) is 11.7. The molecule has 6 aromatic rings. The maximum Gasteiger partial charge on any atom is 0.410 e. The van der Waals surface area contributed by atoms with Crippen molar-refractivity contribution >= 4 is 40.3 Å². The summed E-state index contributed by atoms with van der Waals surface area (Å²) in [4.78, 5) is 64.6. The number of rotatable bonds is 9. The van der Waals surface area contributed by atoms with Crippen LogP contribution in [0.15, 0.2) is 55.0 Å². The molecule has 3 amide bonds. The Morgan fingerprint density at radius 1 is 0.894 bits per heavy atom. The fraction of sp³-hybridized carbons (Fsp3) is 0.469. The summed E-state index contributed by atoms with van der Waals surface area (Å²) in [6.07, 6.45) is 7.52. The van der Waals surface area contributed by atoms with Gasteiger partial charge in [0.1, 0.15) is 34.9 Å². The summed E-state index contributed by atoms with van der Waals surface area (Å²) in [7, 11) is 1.27. The molecule has 0 bridgehead atoms. The monoisotopic (exact) mass is 919 g/mol. The topological polar surface area (TPSA) is 173 Å². The van der Waals surface area contributed by atoms with E-state index in [0.717, 1.165) is 57.7 Å².